The molecule has 0 spiro atoms. The summed E-state index contributed by atoms with van der Waals surface area (Å²) in [6.07, 6.45) is -3.20. The molecule has 2 unspecified atom stereocenters. The fourth-order valence-corrected chi connectivity index (χ4v) is 2.81. The van der Waals surface area contributed by atoms with Crippen LogP contribution in [0.5, 0.6) is 0 Å². The number of alkyl halides is 3. The number of piperidine rings is 1. The second-order valence-electron chi connectivity index (χ2n) is 5.99. The fraction of sp³-hybridized carbons (Fsp3) is 0.625. The molecule has 0 radical (unpaired) electrons. The molecule has 1 aliphatic heterocycles. The summed E-state index contributed by atoms with van der Waals surface area (Å²) in [6, 6.07) is 8.05. The minimum absolute atomic E-state index is 0.116. The van der Waals surface area contributed by atoms with Gasteiger partial charge in [0.15, 0.2) is 0 Å². The predicted octanol–water partition coefficient (Wildman–Crippen LogP) is 3.52. The quantitative estimate of drug-likeness (QED) is 0.922. The van der Waals surface area contributed by atoms with Gasteiger partial charge < -0.3 is 5.73 Å². The zero-order valence-electron chi connectivity index (χ0n) is 12.4. The lowest BCUT2D eigenvalue weighted by atomic mass is 9.96. The summed E-state index contributed by atoms with van der Waals surface area (Å²) in [5.41, 5.74) is 7.87. The van der Waals surface area contributed by atoms with E-state index < -0.39 is 12.1 Å². The van der Waals surface area contributed by atoms with E-state index in [1.807, 2.05) is 29.2 Å². The number of likely N-dealkylation sites (tertiary alicyclic amines) is 1. The summed E-state index contributed by atoms with van der Waals surface area (Å²) in [5, 5.41) is 0. The van der Waals surface area contributed by atoms with Crippen molar-refractivity contribution >= 4 is 0 Å². The van der Waals surface area contributed by atoms with Crippen LogP contribution < -0.4 is 5.73 Å². The summed E-state index contributed by atoms with van der Waals surface area (Å²) in [7, 11) is 0. The molecule has 2 nitrogen and oxygen atoms in total. The van der Waals surface area contributed by atoms with Gasteiger partial charge in [0.05, 0.1) is 5.92 Å². The molecule has 0 saturated carbocycles. The smallest absolute Gasteiger partial charge is 0.330 e. The Morgan fingerprint density at radius 1 is 1.29 bits per heavy atom. The molecular formula is C16H23F3N2. The molecular weight excluding hydrogens is 277 g/mol. The Balaban J connectivity index is 1.95. The average molecular weight is 300 g/mol. The number of hydrogen-bond donors (Lipinski definition) is 1. The van der Waals surface area contributed by atoms with E-state index in [0.29, 0.717) is 25.4 Å². The zero-order valence-corrected chi connectivity index (χ0v) is 12.4. The van der Waals surface area contributed by atoms with Crippen molar-refractivity contribution in [3.63, 3.8) is 0 Å². The largest absolute Gasteiger partial charge is 0.393 e. The van der Waals surface area contributed by atoms with Gasteiger partial charge in [-0.2, -0.15) is 13.2 Å². The van der Waals surface area contributed by atoms with Crippen LogP contribution in [-0.2, 0) is 6.54 Å². The third-order valence-corrected chi connectivity index (χ3v) is 4.28. The molecule has 0 amide bonds. The fourth-order valence-electron chi connectivity index (χ4n) is 2.81. The highest BCUT2D eigenvalue weighted by atomic mass is 19.4. The number of hydrogen-bond acceptors (Lipinski definition) is 2. The predicted molar refractivity (Wildman–Crippen MR) is 78.0 cm³/mol. The number of nitrogens with two attached hydrogens (primary N) is 1. The Labute approximate surface area is 124 Å². The molecule has 1 heterocycles. The molecule has 2 atom stereocenters. The van der Waals surface area contributed by atoms with Crippen molar-refractivity contribution < 1.29 is 13.2 Å². The minimum Gasteiger partial charge on any atom is -0.330 e. The van der Waals surface area contributed by atoms with Gasteiger partial charge in [-0.05, 0) is 43.0 Å². The maximum atomic E-state index is 12.8. The maximum Gasteiger partial charge on any atom is 0.393 e. The Morgan fingerprint density at radius 3 is 2.52 bits per heavy atom. The first-order valence-electron chi connectivity index (χ1n) is 7.48. The molecule has 21 heavy (non-hydrogen) atoms. The molecule has 118 valence electrons. The van der Waals surface area contributed by atoms with Gasteiger partial charge in [0.1, 0.15) is 0 Å². The van der Waals surface area contributed by atoms with Crippen molar-refractivity contribution in [2.45, 2.75) is 38.4 Å². The van der Waals surface area contributed by atoms with Gasteiger partial charge in [0, 0.05) is 13.1 Å². The van der Waals surface area contributed by atoms with Gasteiger partial charge in [-0.3, -0.25) is 4.90 Å². The highest BCUT2D eigenvalue weighted by molar-refractivity contribution is 5.25. The van der Waals surface area contributed by atoms with E-state index in [4.69, 9.17) is 5.73 Å². The van der Waals surface area contributed by atoms with E-state index in [-0.39, 0.29) is 13.0 Å². The van der Waals surface area contributed by atoms with Gasteiger partial charge in [-0.25, -0.2) is 0 Å². The van der Waals surface area contributed by atoms with Crippen molar-refractivity contribution in [3.8, 4) is 0 Å². The van der Waals surface area contributed by atoms with Gasteiger partial charge in [-0.15, -0.1) is 0 Å². The van der Waals surface area contributed by atoms with Crippen molar-refractivity contribution in [2.75, 3.05) is 19.6 Å². The van der Waals surface area contributed by atoms with E-state index in [0.717, 1.165) is 12.1 Å². The van der Waals surface area contributed by atoms with E-state index in [1.54, 1.807) is 0 Å². The van der Waals surface area contributed by atoms with E-state index >= 15 is 0 Å². The third kappa shape index (κ3) is 4.45. The maximum absolute atomic E-state index is 12.8. The minimum atomic E-state index is -4.07. The van der Waals surface area contributed by atoms with Gasteiger partial charge in [0.25, 0.3) is 0 Å². The molecule has 1 saturated heterocycles. The van der Waals surface area contributed by atoms with Crippen LogP contribution in [0.15, 0.2) is 24.3 Å². The first-order valence-corrected chi connectivity index (χ1v) is 7.48. The summed E-state index contributed by atoms with van der Waals surface area (Å²) in [5.74, 6) is -0.869. The summed E-state index contributed by atoms with van der Waals surface area (Å²) >= 11 is 0. The average Bonchev–Trinajstić information content (AvgIpc) is 2.47. The van der Waals surface area contributed by atoms with Crippen LogP contribution in [0.3, 0.4) is 0 Å². The van der Waals surface area contributed by atoms with Crippen LogP contribution >= 0.6 is 0 Å². The van der Waals surface area contributed by atoms with Gasteiger partial charge in [0.2, 0.25) is 0 Å². The Bertz CT molecular complexity index is 442. The molecule has 1 aromatic carbocycles. The van der Waals surface area contributed by atoms with Crippen LogP contribution in [0.4, 0.5) is 13.2 Å². The van der Waals surface area contributed by atoms with Crippen LogP contribution in [0.1, 0.15) is 36.8 Å². The highest BCUT2D eigenvalue weighted by Gasteiger charge is 2.41. The molecule has 0 bridgehead atoms. The highest BCUT2D eigenvalue weighted by Crippen LogP contribution is 2.33. The van der Waals surface area contributed by atoms with Crippen molar-refractivity contribution in [3.05, 3.63) is 35.4 Å². The lowest BCUT2D eigenvalue weighted by Gasteiger charge is -2.33. The third-order valence-electron chi connectivity index (χ3n) is 4.28. The molecule has 2 rings (SSSR count). The Morgan fingerprint density at radius 2 is 1.95 bits per heavy atom. The van der Waals surface area contributed by atoms with Crippen LogP contribution in [0, 0.1) is 5.92 Å². The number of nitrogens with zero attached hydrogens (tertiary/aromatic N) is 1. The second-order valence-corrected chi connectivity index (χ2v) is 5.99. The van der Waals surface area contributed by atoms with Crippen LogP contribution in [0.2, 0.25) is 0 Å². The molecule has 2 N–H and O–H groups in total. The van der Waals surface area contributed by atoms with Crippen molar-refractivity contribution in [2.24, 2.45) is 11.7 Å². The number of halogens is 3. The second kappa shape index (κ2) is 6.79. The number of benzene rings is 1. The SMILES string of the molecule is CC(CN)c1ccc(CN2CCCC(C(F)(F)F)C2)cc1. The Hall–Kier alpha value is -1.07. The van der Waals surface area contributed by atoms with Crippen molar-refractivity contribution in [1.29, 1.82) is 0 Å². The number of rotatable bonds is 4. The topological polar surface area (TPSA) is 29.3 Å². The van der Waals surface area contributed by atoms with Crippen LogP contribution in [-0.4, -0.2) is 30.7 Å². The summed E-state index contributed by atoms with van der Waals surface area (Å²) in [4.78, 5) is 1.91. The molecule has 1 aromatic rings. The summed E-state index contributed by atoms with van der Waals surface area (Å²) in [6.45, 7) is 4.11. The zero-order chi connectivity index (χ0) is 15.5. The first kappa shape index (κ1) is 16.3. The molecule has 5 heteroatoms. The first-order chi connectivity index (χ1) is 9.90. The molecule has 0 aromatic heterocycles. The Kier molecular flexibility index (Phi) is 5.27. The standard InChI is InChI=1S/C16H23F3N2/c1-12(9-20)14-6-4-13(5-7-14)10-21-8-2-3-15(11-21)16(17,18)19/h4-7,12,15H,2-3,8-11,20H2,1H3. The van der Waals surface area contributed by atoms with Gasteiger partial charge >= 0.3 is 6.18 Å². The van der Waals surface area contributed by atoms with E-state index in [1.165, 1.54) is 5.56 Å². The van der Waals surface area contributed by atoms with E-state index in [9.17, 15) is 13.2 Å². The van der Waals surface area contributed by atoms with Crippen molar-refractivity contribution in [1.82, 2.24) is 4.90 Å². The lowest BCUT2D eigenvalue weighted by Crippen LogP contribution is -2.41. The lowest BCUT2D eigenvalue weighted by molar-refractivity contribution is -0.187. The molecule has 0 aliphatic carbocycles. The monoisotopic (exact) mass is 300 g/mol. The normalized spacial score (nSPS) is 22.2. The van der Waals surface area contributed by atoms with E-state index in [2.05, 4.69) is 6.92 Å². The molecule has 1 fully saturated rings. The summed E-state index contributed by atoms with van der Waals surface area (Å²) < 4.78 is 38.4. The molecule has 1 aliphatic rings. The van der Waals surface area contributed by atoms with Crippen LogP contribution in [0.25, 0.3) is 0 Å². The van der Waals surface area contributed by atoms with Gasteiger partial charge in [-0.1, -0.05) is 31.2 Å².